The Kier molecular flexibility index (Phi) is 4.00. The monoisotopic (exact) mass is 280 g/mol. The van der Waals surface area contributed by atoms with E-state index in [1.807, 2.05) is 0 Å². The fourth-order valence-corrected chi connectivity index (χ4v) is 3.86. The third-order valence-electron chi connectivity index (χ3n) is 3.69. The van der Waals surface area contributed by atoms with E-state index >= 15 is 0 Å². The highest BCUT2D eigenvalue weighted by Gasteiger charge is 2.29. The molecule has 0 spiro atoms. The number of nitrogens with zero attached hydrogens (tertiary/aromatic N) is 2. The van der Waals surface area contributed by atoms with Crippen molar-refractivity contribution in [2.45, 2.75) is 65.3 Å². The lowest BCUT2D eigenvalue weighted by Crippen LogP contribution is -2.37. The molecule has 1 aliphatic heterocycles. The molecule has 4 heteroatoms. The Morgan fingerprint density at radius 3 is 2.53 bits per heavy atom. The molecule has 0 N–H and O–H groups in total. The smallest absolute Gasteiger partial charge is 0.186 e. The van der Waals surface area contributed by atoms with Crippen molar-refractivity contribution in [3.8, 4) is 0 Å². The molecule has 2 rings (SSSR count). The number of thiazole rings is 1. The van der Waals surface area contributed by atoms with Crippen molar-refractivity contribution in [3.63, 3.8) is 0 Å². The minimum Gasteiger partial charge on any atom is -0.345 e. The summed E-state index contributed by atoms with van der Waals surface area (Å²) in [6.07, 6.45) is 3.75. The number of anilines is 1. The molecular formula is C15H24N2OS. The first-order chi connectivity index (χ1) is 8.80. The summed E-state index contributed by atoms with van der Waals surface area (Å²) in [5, 5.41) is 1.03. The molecule has 1 aromatic rings. The van der Waals surface area contributed by atoms with Crippen LogP contribution >= 0.6 is 11.3 Å². The number of piperidine rings is 1. The van der Waals surface area contributed by atoms with Gasteiger partial charge in [0.15, 0.2) is 10.9 Å². The van der Waals surface area contributed by atoms with Gasteiger partial charge >= 0.3 is 0 Å². The number of hydrogen-bond acceptors (Lipinski definition) is 4. The van der Waals surface area contributed by atoms with Crippen LogP contribution in [0.3, 0.4) is 0 Å². The summed E-state index contributed by atoms with van der Waals surface area (Å²) in [4.78, 5) is 19.8. The van der Waals surface area contributed by atoms with Crippen molar-refractivity contribution >= 4 is 22.3 Å². The molecule has 3 nitrogen and oxygen atoms in total. The predicted molar refractivity (Wildman–Crippen MR) is 81.5 cm³/mol. The standard InChI is InChI=1S/C15H24N2OS/c1-10-8-6-7-9-17(10)14-16-13(15(3,4)5)12(19-14)11(2)18/h10H,6-9H2,1-5H3. The van der Waals surface area contributed by atoms with Crippen molar-refractivity contribution in [3.05, 3.63) is 10.6 Å². The number of carbonyl (C=O) groups is 1. The molecule has 1 fully saturated rings. The van der Waals surface area contributed by atoms with E-state index in [4.69, 9.17) is 4.98 Å². The minimum atomic E-state index is -0.0746. The predicted octanol–water partition coefficient (Wildman–Crippen LogP) is 4.02. The number of hydrogen-bond donors (Lipinski definition) is 0. The van der Waals surface area contributed by atoms with Crippen LogP contribution in [-0.2, 0) is 5.41 Å². The summed E-state index contributed by atoms with van der Waals surface area (Å²) in [6, 6.07) is 0.535. The van der Waals surface area contributed by atoms with Gasteiger partial charge in [0.1, 0.15) is 0 Å². The Balaban J connectivity index is 2.40. The van der Waals surface area contributed by atoms with Gasteiger partial charge in [-0.3, -0.25) is 4.79 Å². The Labute approximate surface area is 120 Å². The van der Waals surface area contributed by atoms with Gasteiger partial charge in [-0.25, -0.2) is 4.98 Å². The van der Waals surface area contributed by atoms with Gasteiger partial charge in [0.2, 0.25) is 0 Å². The highest BCUT2D eigenvalue weighted by molar-refractivity contribution is 7.17. The number of aromatic nitrogens is 1. The lowest BCUT2D eigenvalue weighted by atomic mass is 9.91. The second kappa shape index (κ2) is 5.23. The van der Waals surface area contributed by atoms with Crippen LogP contribution in [0.5, 0.6) is 0 Å². The molecule has 1 saturated heterocycles. The first-order valence-electron chi connectivity index (χ1n) is 7.09. The van der Waals surface area contributed by atoms with E-state index < -0.39 is 0 Å². The highest BCUT2D eigenvalue weighted by atomic mass is 32.1. The van der Waals surface area contributed by atoms with Crippen LogP contribution in [0, 0.1) is 0 Å². The number of Topliss-reactive ketones (excluding diaryl/α,β-unsaturated/α-hetero) is 1. The topological polar surface area (TPSA) is 33.2 Å². The van der Waals surface area contributed by atoms with E-state index in [0.29, 0.717) is 6.04 Å². The zero-order valence-corrected chi connectivity index (χ0v) is 13.4. The van der Waals surface area contributed by atoms with Crippen LogP contribution in [0.2, 0.25) is 0 Å². The molecule has 1 aliphatic rings. The summed E-state index contributed by atoms with van der Waals surface area (Å²) < 4.78 is 0. The quantitative estimate of drug-likeness (QED) is 0.767. The fraction of sp³-hybridized carbons (Fsp3) is 0.733. The third kappa shape index (κ3) is 2.99. The van der Waals surface area contributed by atoms with Gasteiger partial charge in [-0.2, -0.15) is 0 Å². The lowest BCUT2D eigenvalue weighted by molar-refractivity contribution is 0.101. The molecule has 2 heterocycles. The molecule has 1 atom stereocenters. The van der Waals surface area contributed by atoms with Crippen molar-refractivity contribution in [2.75, 3.05) is 11.4 Å². The average Bonchev–Trinajstić information content (AvgIpc) is 2.74. The molecule has 106 valence electrons. The van der Waals surface area contributed by atoms with Crippen LogP contribution in [-0.4, -0.2) is 23.4 Å². The maximum Gasteiger partial charge on any atom is 0.186 e. The van der Waals surface area contributed by atoms with Gasteiger partial charge in [0.25, 0.3) is 0 Å². The summed E-state index contributed by atoms with van der Waals surface area (Å²) in [6.45, 7) is 11.3. The normalized spacial score (nSPS) is 20.7. The SMILES string of the molecule is CC(=O)c1sc(N2CCCCC2C)nc1C(C)(C)C. The molecule has 0 amide bonds. The Bertz CT molecular complexity index is 473. The van der Waals surface area contributed by atoms with Crippen LogP contribution in [0.1, 0.15) is 69.2 Å². The van der Waals surface area contributed by atoms with Crippen LogP contribution in [0.4, 0.5) is 5.13 Å². The first-order valence-corrected chi connectivity index (χ1v) is 7.91. The maximum absolute atomic E-state index is 11.8. The second-order valence-electron chi connectivity index (χ2n) is 6.52. The molecule has 0 radical (unpaired) electrons. The van der Waals surface area contributed by atoms with Crippen LogP contribution in [0.15, 0.2) is 0 Å². The van der Waals surface area contributed by atoms with Crippen molar-refractivity contribution in [2.24, 2.45) is 0 Å². The maximum atomic E-state index is 11.8. The van der Waals surface area contributed by atoms with Gasteiger partial charge < -0.3 is 4.90 Å². The summed E-state index contributed by atoms with van der Waals surface area (Å²) in [7, 11) is 0. The lowest BCUT2D eigenvalue weighted by Gasteiger charge is -2.33. The average molecular weight is 280 g/mol. The van der Waals surface area contributed by atoms with Crippen molar-refractivity contribution in [1.82, 2.24) is 4.98 Å². The largest absolute Gasteiger partial charge is 0.345 e. The van der Waals surface area contributed by atoms with Crippen LogP contribution in [0.25, 0.3) is 0 Å². The highest BCUT2D eigenvalue weighted by Crippen LogP contribution is 2.36. The summed E-state index contributed by atoms with van der Waals surface area (Å²) in [5.74, 6) is 0.137. The molecular weight excluding hydrogens is 256 g/mol. The first kappa shape index (κ1) is 14.5. The Morgan fingerprint density at radius 2 is 2.05 bits per heavy atom. The van der Waals surface area contributed by atoms with Crippen molar-refractivity contribution in [1.29, 1.82) is 0 Å². The Morgan fingerprint density at radius 1 is 1.37 bits per heavy atom. The summed E-state index contributed by atoms with van der Waals surface area (Å²) in [5.41, 5.74) is 0.882. The molecule has 0 saturated carbocycles. The van der Waals surface area contributed by atoms with Gasteiger partial charge in [0.05, 0.1) is 10.6 Å². The fourth-order valence-electron chi connectivity index (χ4n) is 2.56. The molecule has 0 bridgehead atoms. The van der Waals surface area contributed by atoms with Crippen molar-refractivity contribution < 1.29 is 4.79 Å². The molecule has 0 aromatic carbocycles. The molecule has 1 aromatic heterocycles. The van der Waals surface area contributed by atoms with E-state index in [1.54, 1.807) is 18.3 Å². The van der Waals surface area contributed by atoms with Crippen LogP contribution < -0.4 is 4.90 Å². The van der Waals surface area contributed by atoms with Gasteiger partial charge in [0, 0.05) is 24.9 Å². The number of rotatable bonds is 2. The van der Waals surface area contributed by atoms with E-state index in [0.717, 1.165) is 22.2 Å². The number of ketones is 1. The van der Waals surface area contributed by atoms with E-state index in [1.165, 1.54) is 19.3 Å². The van der Waals surface area contributed by atoms with Gasteiger partial charge in [-0.05, 0) is 26.2 Å². The second-order valence-corrected chi connectivity index (χ2v) is 7.50. The van der Waals surface area contributed by atoms with E-state index in [-0.39, 0.29) is 11.2 Å². The third-order valence-corrected chi connectivity index (χ3v) is 4.89. The molecule has 0 aliphatic carbocycles. The van der Waals surface area contributed by atoms with E-state index in [2.05, 4.69) is 32.6 Å². The Hall–Kier alpha value is -0.900. The van der Waals surface area contributed by atoms with Gasteiger partial charge in [-0.1, -0.05) is 32.1 Å². The van der Waals surface area contributed by atoms with E-state index in [9.17, 15) is 4.79 Å². The minimum absolute atomic E-state index is 0.0746. The van der Waals surface area contributed by atoms with Gasteiger partial charge in [-0.15, -0.1) is 0 Å². The zero-order chi connectivity index (χ0) is 14.2. The number of carbonyl (C=O) groups excluding carboxylic acids is 1. The zero-order valence-electron chi connectivity index (χ0n) is 12.6. The molecule has 19 heavy (non-hydrogen) atoms. The molecule has 1 unspecified atom stereocenters. The summed E-state index contributed by atoms with van der Waals surface area (Å²) >= 11 is 1.57.